The highest BCUT2D eigenvalue weighted by Crippen LogP contribution is 2.24. The van der Waals surface area contributed by atoms with Crippen LogP contribution >= 0.6 is 15.9 Å². The van der Waals surface area contributed by atoms with Crippen LogP contribution in [-0.2, 0) is 17.9 Å². The Morgan fingerprint density at radius 3 is 2.38 bits per heavy atom. The van der Waals surface area contributed by atoms with Gasteiger partial charge in [-0.15, -0.1) is 0 Å². The van der Waals surface area contributed by atoms with Gasteiger partial charge >= 0.3 is 17.3 Å². The first-order valence-electron chi connectivity index (χ1n) is 10.8. The molecule has 3 aromatic rings. The van der Waals surface area contributed by atoms with Gasteiger partial charge in [0.2, 0.25) is 5.95 Å². The molecular formula is C24H27BrN4O5. The second-order valence-corrected chi connectivity index (χ2v) is 9.25. The van der Waals surface area contributed by atoms with Gasteiger partial charge in [0.05, 0.1) is 18.6 Å². The maximum Gasteiger partial charge on any atom is 0.354 e. The van der Waals surface area contributed by atoms with E-state index in [1.54, 1.807) is 6.07 Å². The molecule has 0 aliphatic carbocycles. The molecule has 0 unspecified atom stereocenters. The Morgan fingerprint density at radius 1 is 1.12 bits per heavy atom. The van der Waals surface area contributed by atoms with Crippen LogP contribution in [-0.4, -0.2) is 31.3 Å². The van der Waals surface area contributed by atoms with Gasteiger partial charge in [-0.05, 0) is 62.2 Å². The van der Waals surface area contributed by atoms with E-state index in [0.717, 1.165) is 25.9 Å². The quantitative estimate of drug-likeness (QED) is 0.432. The van der Waals surface area contributed by atoms with Crippen LogP contribution in [0.15, 0.2) is 56.5 Å². The molecule has 0 aliphatic heterocycles. The molecule has 0 aliphatic rings. The van der Waals surface area contributed by atoms with Crippen molar-refractivity contribution < 1.29 is 14.6 Å². The molecule has 0 spiro atoms. The summed E-state index contributed by atoms with van der Waals surface area (Å²) in [6, 6.07) is 12.8. The fraction of sp³-hybridized carbons (Fsp3) is 0.333. The summed E-state index contributed by atoms with van der Waals surface area (Å²) in [7, 11) is 0. The van der Waals surface area contributed by atoms with Gasteiger partial charge in [-0.3, -0.25) is 9.36 Å². The van der Waals surface area contributed by atoms with Crippen molar-refractivity contribution in [3.63, 3.8) is 0 Å². The number of aliphatic carboxylic acids is 1. The van der Waals surface area contributed by atoms with Gasteiger partial charge in [0, 0.05) is 16.7 Å². The molecule has 0 amide bonds. The number of carboxylic acids is 1. The highest BCUT2D eigenvalue weighted by molar-refractivity contribution is 9.10. The van der Waals surface area contributed by atoms with E-state index < -0.39 is 23.3 Å². The summed E-state index contributed by atoms with van der Waals surface area (Å²) in [5, 5.41) is 12.3. The third kappa shape index (κ3) is 6.13. The van der Waals surface area contributed by atoms with Gasteiger partial charge < -0.3 is 15.2 Å². The molecule has 0 saturated heterocycles. The fourth-order valence-corrected chi connectivity index (χ4v) is 3.55. The predicted octanol–water partition coefficient (Wildman–Crippen LogP) is 3.78. The summed E-state index contributed by atoms with van der Waals surface area (Å²) in [4.78, 5) is 41.4. The van der Waals surface area contributed by atoms with Gasteiger partial charge in [0.25, 0.3) is 0 Å². The lowest BCUT2D eigenvalue weighted by molar-refractivity contribution is -0.141. The zero-order valence-electron chi connectivity index (χ0n) is 19.4. The lowest BCUT2D eigenvalue weighted by Gasteiger charge is -2.18. The van der Waals surface area contributed by atoms with E-state index in [9.17, 15) is 19.5 Å². The van der Waals surface area contributed by atoms with E-state index in [4.69, 9.17) is 4.74 Å². The monoisotopic (exact) mass is 530 g/mol. The normalized spacial score (nSPS) is 11.9. The van der Waals surface area contributed by atoms with E-state index in [-0.39, 0.29) is 25.1 Å². The molecule has 3 rings (SSSR count). The Labute approximate surface area is 205 Å². The van der Waals surface area contributed by atoms with Crippen LogP contribution in [0, 0.1) is 12.8 Å². The number of halogens is 1. The second-order valence-electron chi connectivity index (χ2n) is 8.33. The highest BCUT2D eigenvalue weighted by Gasteiger charge is 2.19. The maximum atomic E-state index is 13.3. The number of nitrogens with one attached hydrogen (secondary N) is 1. The first kappa shape index (κ1) is 25.2. The SMILES string of the molecule is Cc1cc(Nc2nc(=O)n(C[C@H](C)C(=O)O)c(=O)n2Cc2ccc(Br)cc2)ccc1OC(C)C. The summed E-state index contributed by atoms with van der Waals surface area (Å²) in [6.45, 7) is 7.07. The van der Waals surface area contributed by atoms with Crippen molar-refractivity contribution in [2.75, 3.05) is 5.32 Å². The summed E-state index contributed by atoms with van der Waals surface area (Å²) in [5.41, 5.74) is 0.855. The molecule has 0 fully saturated rings. The van der Waals surface area contributed by atoms with Crippen LogP contribution in [0.25, 0.3) is 0 Å². The number of nitrogens with zero attached hydrogens (tertiary/aromatic N) is 3. The lowest BCUT2D eigenvalue weighted by Crippen LogP contribution is -2.44. The minimum Gasteiger partial charge on any atom is -0.491 e. The molecule has 1 atom stereocenters. The van der Waals surface area contributed by atoms with Crippen molar-refractivity contribution in [1.29, 1.82) is 0 Å². The van der Waals surface area contributed by atoms with Crippen LogP contribution in [0.3, 0.4) is 0 Å². The first-order valence-corrected chi connectivity index (χ1v) is 11.6. The molecule has 0 saturated carbocycles. The Morgan fingerprint density at radius 2 is 1.79 bits per heavy atom. The van der Waals surface area contributed by atoms with E-state index in [1.807, 2.05) is 57.2 Å². The number of ether oxygens (including phenoxy) is 1. The average molecular weight is 531 g/mol. The first-order chi connectivity index (χ1) is 16.0. The molecule has 2 aromatic carbocycles. The van der Waals surface area contributed by atoms with E-state index >= 15 is 0 Å². The number of aryl methyl sites for hydroxylation is 1. The average Bonchev–Trinajstić information content (AvgIpc) is 2.76. The molecule has 2 N–H and O–H groups in total. The largest absolute Gasteiger partial charge is 0.491 e. The molecule has 10 heteroatoms. The smallest absolute Gasteiger partial charge is 0.354 e. The zero-order valence-corrected chi connectivity index (χ0v) is 21.0. The zero-order chi connectivity index (χ0) is 25.0. The number of hydrogen-bond donors (Lipinski definition) is 2. The number of aromatic nitrogens is 3. The summed E-state index contributed by atoms with van der Waals surface area (Å²) in [5.74, 6) is -1.23. The van der Waals surface area contributed by atoms with E-state index in [2.05, 4.69) is 26.2 Å². The Kier molecular flexibility index (Phi) is 7.93. The van der Waals surface area contributed by atoms with Crippen molar-refractivity contribution in [2.24, 2.45) is 5.92 Å². The lowest BCUT2D eigenvalue weighted by atomic mass is 10.2. The Balaban J connectivity index is 2.05. The Hall–Kier alpha value is -3.40. The summed E-state index contributed by atoms with van der Waals surface area (Å²) in [6.07, 6.45) is 0.0241. The van der Waals surface area contributed by atoms with Crippen LogP contribution in [0.4, 0.5) is 11.6 Å². The second kappa shape index (κ2) is 10.7. The van der Waals surface area contributed by atoms with E-state index in [0.29, 0.717) is 5.69 Å². The van der Waals surface area contributed by atoms with Gasteiger partial charge in [0.15, 0.2) is 0 Å². The molecular weight excluding hydrogens is 504 g/mol. The van der Waals surface area contributed by atoms with Crippen LogP contribution < -0.4 is 21.4 Å². The summed E-state index contributed by atoms with van der Waals surface area (Å²) < 4.78 is 8.84. The van der Waals surface area contributed by atoms with Gasteiger partial charge in [-0.2, -0.15) is 4.98 Å². The van der Waals surface area contributed by atoms with Gasteiger partial charge in [0.1, 0.15) is 5.75 Å². The molecule has 1 aromatic heterocycles. The minimum absolute atomic E-state index is 0.0241. The third-order valence-corrected chi connectivity index (χ3v) is 5.60. The number of carbonyl (C=O) groups is 1. The molecule has 0 bridgehead atoms. The fourth-order valence-electron chi connectivity index (χ4n) is 3.29. The molecule has 9 nitrogen and oxygen atoms in total. The van der Waals surface area contributed by atoms with Crippen molar-refractivity contribution >= 4 is 33.5 Å². The van der Waals surface area contributed by atoms with Crippen molar-refractivity contribution in [1.82, 2.24) is 14.1 Å². The van der Waals surface area contributed by atoms with Gasteiger partial charge in [-0.25, -0.2) is 14.2 Å². The van der Waals surface area contributed by atoms with Crippen LogP contribution in [0.2, 0.25) is 0 Å². The van der Waals surface area contributed by atoms with Gasteiger partial charge in [-0.1, -0.05) is 35.0 Å². The number of rotatable bonds is 9. The predicted molar refractivity (Wildman–Crippen MR) is 133 cm³/mol. The number of carboxylic acid groups (broad SMARTS) is 1. The molecule has 0 radical (unpaired) electrons. The number of benzene rings is 2. The molecule has 180 valence electrons. The van der Waals surface area contributed by atoms with Crippen molar-refractivity contribution in [3.8, 4) is 5.75 Å². The standard InChI is InChI=1S/C24H27BrN4O5/c1-14(2)34-20-10-9-19(11-15(20)3)26-22-27-23(32)29(12-16(4)21(30)31)24(33)28(22)13-17-5-7-18(25)8-6-17/h5-11,14,16H,12-13H2,1-4H3,(H,30,31)(H,26,27,32)/t16-/m0/s1. The topological polar surface area (TPSA) is 115 Å². The maximum absolute atomic E-state index is 13.3. The molecule has 34 heavy (non-hydrogen) atoms. The number of hydrogen-bond acceptors (Lipinski definition) is 6. The third-order valence-electron chi connectivity index (χ3n) is 5.08. The minimum atomic E-state index is -1.10. The van der Waals surface area contributed by atoms with E-state index in [1.165, 1.54) is 11.5 Å². The molecule has 1 heterocycles. The summed E-state index contributed by atoms with van der Waals surface area (Å²) >= 11 is 3.39. The Bertz CT molecular complexity index is 1300. The van der Waals surface area contributed by atoms with Crippen LogP contribution in [0.5, 0.6) is 5.75 Å². The van der Waals surface area contributed by atoms with Crippen molar-refractivity contribution in [2.45, 2.75) is 46.9 Å². The van der Waals surface area contributed by atoms with Crippen molar-refractivity contribution in [3.05, 3.63) is 79.0 Å². The highest BCUT2D eigenvalue weighted by atomic mass is 79.9. The number of anilines is 2. The van der Waals surface area contributed by atoms with Crippen LogP contribution in [0.1, 0.15) is 31.9 Å².